The molecule has 1 heterocycles. The van der Waals surface area contributed by atoms with Gasteiger partial charge in [0, 0.05) is 6.54 Å². The molecule has 180 valence electrons. The quantitative estimate of drug-likeness (QED) is 0.177. The fourth-order valence-electron chi connectivity index (χ4n) is 5.45. The fourth-order valence-corrected chi connectivity index (χ4v) is 5.45. The molecule has 0 aliphatic carbocycles. The van der Waals surface area contributed by atoms with Crippen LogP contribution in [0, 0.1) is 17.8 Å². The van der Waals surface area contributed by atoms with Gasteiger partial charge in [-0.15, -0.1) is 0 Å². The van der Waals surface area contributed by atoms with Gasteiger partial charge >= 0.3 is 0 Å². The summed E-state index contributed by atoms with van der Waals surface area (Å²) < 4.78 is 0. The lowest BCUT2D eigenvalue weighted by atomic mass is 9.87. The molecule has 0 N–H and O–H groups in total. The summed E-state index contributed by atoms with van der Waals surface area (Å²) >= 11 is 0. The van der Waals surface area contributed by atoms with Gasteiger partial charge in [-0.05, 0) is 56.5 Å². The molecule has 1 fully saturated rings. The van der Waals surface area contributed by atoms with Crippen LogP contribution in [0.4, 0.5) is 0 Å². The van der Waals surface area contributed by atoms with Crippen molar-refractivity contribution < 1.29 is 0 Å². The first kappa shape index (κ1) is 28.0. The minimum atomic E-state index is 0.954. The molecule has 0 aromatic carbocycles. The topological polar surface area (TPSA) is 3.24 Å². The van der Waals surface area contributed by atoms with Gasteiger partial charge in [-0.25, -0.2) is 0 Å². The van der Waals surface area contributed by atoms with Crippen molar-refractivity contribution in [3.8, 4) is 0 Å². The van der Waals surface area contributed by atoms with Gasteiger partial charge < -0.3 is 4.90 Å². The third-order valence-corrected chi connectivity index (χ3v) is 7.77. The molecule has 0 amide bonds. The Balaban J connectivity index is 2.22. The number of unbranched alkanes of at least 4 members (excludes halogenated alkanes) is 9. The molecule has 0 saturated carbocycles. The number of nitrogens with zero attached hydrogens (tertiary/aromatic N) is 1. The number of hydrogen-bond donors (Lipinski definition) is 0. The zero-order valence-corrected chi connectivity index (χ0v) is 21.7. The maximum Gasteiger partial charge on any atom is 0.000966 e. The van der Waals surface area contributed by atoms with Crippen LogP contribution in [0.1, 0.15) is 150 Å². The number of rotatable bonds is 20. The highest BCUT2D eigenvalue weighted by Gasteiger charge is 2.22. The largest absolute Gasteiger partial charge is 0.303 e. The van der Waals surface area contributed by atoms with Crippen LogP contribution < -0.4 is 0 Å². The van der Waals surface area contributed by atoms with Gasteiger partial charge in [-0.1, -0.05) is 124 Å². The molecule has 1 nitrogen and oxygen atoms in total. The maximum absolute atomic E-state index is 2.84. The summed E-state index contributed by atoms with van der Waals surface area (Å²) in [4.78, 5) is 2.84. The van der Waals surface area contributed by atoms with E-state index in [4.69, 9.17) is 0 Å². The van der Waals surface area contributed by atoms with E-state index in [1.165, 1.54) is 142 Å². The third kappa shape index (κ3) is 14.9. The number of piperidine rings is 1. The van der Waals surface area contributed by atoms with Gasteiger partial charge in [-0.2, -0.15) is 0 Å². The molecular formula is C29H59N. The lowest BCUT2D eigenvalue weighted by molar-refractivity contribution is 0.144. The molecular weight excluding hydrogens is 362 g/mol. The molecule has 0 spiro atoms. The summed E-state index contributed by atoms with van der Waals surface area (Å²) in [7, 11) is 0. The van der Waals surface area contributed by atoms with Crippen molar-refractivity contribution in [3.63, 3.8) is 0 Å². The monoisotopic (exact) mass is 421 g/mol. The van der Waals surface area contributed by atoms with Crippen molar-refractivity contribution in [2.75, 3.05) is 19.6 Å². The lowest BCUT2D eigenvalue weighted by Gasteiger charge is -2.35. The second kappa shape index (κ2) is 19.6. The number of hydrogen-bond acceptors (Lipinski definition) is 1. The summed E-state index contributed by atoms with van der Waals surface area (Å²) in [6.45, 7) is 13.7. The average Bonchev–Trinajstić information content (AvgIpc) is 2.76. The Morgan fingerprint density at radius 3 is 1.63 bits per heavy atom. The smallest absolute Gasteiger partial charge is 0.000966 e. The summed E-state index contributed by atoms with van der Waals surface area (Å²) in [5, 5.41) is 0. The van der Waals surface area contributed by atoms with Crippen molar-refractivity contribution in [2.45, 2.75) is 150 Å². The van der Waals surface area contributed by atoms with E-state index in [2.05, 4.69) is 32.6 Å². The van der Waals surface area contributed by atoms with E-state index in [1.807, 2.05) is 0 Å². The van der Waals surface area contributed by atoms with Crippen molar-refractivity contribution in [1.29, 1.82) is 0 Å². The Labute approximate surface area is 192 Å². The van der Waals surface area contributed by atoms with Crippen molar-refractivity contribution in [1.82, 2.24) is 4.90 Å². The van der Waals surface area contributed by atoms with Crippen LogP contribution in [0.5, 0.6) is 0 Å². The molecule has 1 saturated heterocycles. The van der Waals surface area contributed by atoms with Crippen LogP contribution in [0.15, 0.2) is 0 Å². The minimum absolute atomic E-state index is 0.954. The van der Waals surface area contributed by atoms with Crippen LogP contribution in [0.3, 0.4) is 0 Å². The van der Waals surface area contributed by atoms with Gasteiger partial charge in [0.05, 0.1) is 0 Å². The molecule has 1 atom stereocenters. The normalized spacial score (nSPS) is 17.1. The van der Waals surface area contributed by atoms with Crippen LogP contribution in [-0.2, 0) is 0 Å². The highest BCUT2D eigenvalue weighted by Crippen LogP contribution is 2.27. The number of likely N-dealkylation sites (tertiary alicyclic amines) is 1. The van der Waals surface area contributed by atoms with Gasteiger partial charge in [0.15, 0.2) is 0 Å². The molecule has 1 rings (SSSR count). The van der Waals surface area contributed by atoms with Gasteiger partial charge in [0.25, 0.3) is 0 Å². The molecule has 30 heavy (non-hydrogen) atoms. The SMILES string of the molecule is CCCCCCC(C)CCC1CCN(CC(CCCCCC)CCCCCC)CC1. The summed E-state index contributed by atoms with van der Waals surface area (Å²) in [6, 6.07) is 0. The molecule has 1 aliphatic rings. The van der Waals surface area contributed by atoms with E-state index in [-0.39, 0.29) is 0 Å². The third-order valence-electron chi connectivity index (χ3n) is 7.77. The fraction of sp³-hybridized carbons (Fsp3) is 1.00. The standard InChI is InChI=1S/C29H59N/c1-5-8-11-14-17-27(4)20-21-28-22-24-30(25-23-28)26-29(18-15-12-9-6-2)19-16-13-10-7-3/h27-29H,5-26H2,1-4H3. The molecule has 1 unspecified atom stereocenters. The van der Waals surface area contributed by atoms with Gasteiger partial charge in [-0.3, -0.25) is 0 Å². The highest BCUT2D eigenvalue weighted by molar-refractivity contribution is 4.76. The average molecular weight is 422 g/mol. The highest BCUT2D eigenvalue weighted by atomic mass is 15.1. The first-order valence-corrected chi connectivity index (χ1v) is 14.4. The van der Waals surface area contributed by atoms with Crippen LogP contribution in [0.25, 0.3) is 0 Å². The summed E-state index contributed by atoms with van der Waals surface area (Å²) in [5.41, 5.74) is 0. The molecule has 0 radical (unpaired) electrons. The van der Waals surface area contributed by atoms with E-state index in [9.17, 15) is 0 Å². The Morgan fingerprint density at radius 2 is 1.13 bits per heavy atom. The zero-order chi connectivity index (χ0) is 21.9. The van der Waals surface area contributed by atoms with Gasteiger partial charge in [0.1, 0.15) is 0 Å². The zero-order valence-electron chi connectivity index (χ0n) is 21.7. The Kier molecular flexibility index (Phi) is 18.3. The van der Waals surface area contributed by atoms with Crippen LogP contribution >= 0.6 is 0 Å². The molecule has 1 aliphatic heterocycles. The van der Waals surface area contributed by atoms with E-state index in [1.54, 1.807) is 0 Å². The lowest BCUT2D eigenvalue weighted by Crippen LogP contribution is -2.37. The summed E-state index contributed by atoms with van der Waals surface area (Å²) in [6.07, 6.45) is 27.6. The van der Waals surface area contributed by atoms with E-state index < -0.39 is 0 Å². The molecule has 0 bridgehead atoms. The van der Waals surface area contributed by atoms with Crippen LogP contribution in [0.2, 0.25) is 0 Å². The van der Waals surface area contributed by atoms with Crippen molar-refractivity contribution in [3.05, 3.63) is 0 Å². The Morgan fingerprint density at radius 1 is 0.633 bits per heavy atom. The van der Waals surface area contributed by atoms with E-state index in [0.29, 0.717) is 0 Å². The van der Waals surface area contributed by atoms with Crippen molar-refractivity contribution in [2.24, 2.45) is 17.8 Å². The summed E-state index contributed by atoms with van der Waals surface area (Å²) in [5.74, 6) is 2.95. The molecule has 0 aromatic rings. The first-order chi connectivity index (χ1) is 14.7. The van der Waals surface area contributed by atoms with E-state index >= 15 is 0 Å². The maximum atomic E-state index is 2.84. The second-order valence-corrected chi connectivity index (χ2v) is 10.8. The molecule has 0 aromatic heterocycles. The van der Waals surface area contributed by atoms with Crippen molar-refractivity contribution >= 4 is 0 Å². The predicted molar refractivity (Wildman–Crippen MR) is 137 cm³/mol. The van der Waals surface area contributed by atoms with E-state index in [0.717, 1.165) is 17.8 Å². The predicted octanol–water partition coefficient (Wildman–Crippen LogP) is 9.64. The first-order valence-electron chi connectivity index (χ1n) is 14.4. The Hall–Kier alpha value is -0.0400. The Bertz CT molecular complexity index is 332. The van der Waals surface area contributed by atoms with Gasteiger partial charge in [0.2, 0.25) is 0 Å². The van der Waals surface area contributed by atoms with Crippen LogP contribution in [-0.4, -0.2) is 24.5 Å². The minimum Gasteiger partial charge on any atom is -0.303 e. The second-order valence-electron chi connectivity index (χ2n) is 10.8. The molecule has 1 heteroatoms.